The topological polar surface area (TPSA) is 46.9 Å². The molecule has 1 N–H and O–H groups in total. The Labute approximate surface area is 155 Å². The molecule has 2 aromatic carbocycles. The van der Waals surface area contributed by atoms with Crippen LogP contribution in [0.3, 0.4) is 0 Å². The standard InChI is InChI=1S/C21H16ClN3O/c1-14-11-12-16-19(26)13-20(24-18-10-6-5-9-17(18)22)25(21(16)23-14)15-7-3-2-4-8-15/h2-13,24H,1H3. The second-order valence-corrected chi connectivity index (χ2v) is 6.40. The third-order valence-electron chi connectivity index (χ3n) is 4.15. The first-order valence-corrected chi connectivity index (χ1v) is 8.62. The van der Waals surface area contributed by atoms with Gasteiger partial charge in [0.2, 0.25) is 0 Å². The van der Waals surface area contributed by atoms with E-state index in [0.29, 0.717) is 21.9 Å². The molecule has 26 heavy (non-hydrogen) atoms. The van der Waals surface area contributed by atoms with Crippen LogP contribution in [0.25, 0.3) is 16.7 Å². The predicted molar refractivity (Wildman–Crippen MR) is 107 cm³/mol. The lowest BCUT2D eigenvalue weighted by Gasteiger charge is -2.18. The van der Waals surface area contributed by atoms with E-state index in [4.69, 9.17) is 11.6 Å². The van der Waals surface area contributed by atoms with Gasteiger partial charge >= 0.3 is 0 Å². The van der Waals surface area contributed by atoms with E-state index >= 15 is 0 Å². The average Bonchev–Trinajstić information content (AvgIpc) is 2.64. The molecule has 5 heteroatoms. The van der Waals surface area contributed by atoms with Crippen LogP contribution >= 0.6 is 11.6 Å². The number of aromatic nitrogens is 2. The summed E-state index contributed by atoms with van der Waals surface area (Å²) in [6, 6.07) is 22.5. The number of halogens is 1. The molecule has 0 radical (unpaired) electrons. The van der Waals surface area contributed by atoms with Crippen LogP contribution in [-0.2, 0) is 0 Å². The fourth-order valence-electron chi connectivity index (χ4n) is 2.92. The number of nitrogens with one attached hydrogen (secondary N) is 1. The van der Waals surface area contributed by atoms with Crippen molar-refractivity contribution in [2.24, 2.45) is 0 Å². The monoisotopic (exact) mass is 361 g/mol. The summed E-state index contributed by atoms with van der Waals surface area (Å²) in [6.07, 6.45) is 0. The van der Waals surface area contributed by atoms with Crippen molar-refractivity contribution in [2.45, 2.75) is 6.92 Å². The van der Waals surface area contributed by atoms with Crippen LogP contribution in [-0.4, -0.2) is 9.55 Å². The maximum Gasteiger partial charge on any atom is 0.193 e. The molecule has 0 spiro atoms. The smallest absolute Gasteiger partial charge is 0.193 e. The van der Waals surface area contributed by atoms with Gasteiger partial charge in [0.05, 0.1) is 16.1 Å². The minimum absolute atomic E-state index is 0.0887. The molecule has 0 atom stereocenters. The third kappa shape index (κ3) is 2.95. The van der Waals surface area contributed by atoms with Gasteiger partial charge in [-0.1, -0.05) is 41.9 Å². The Morgan fingerprint density at radius 3 is 2.46 bits per heavy atom. The van der Waals surface area contributed by atoms with Crippen molar-refractivity contribution in [2.75, 3.05) is 5.32 Å². The number of anilines is 2. The minimum atomic E-state index is -0.0887. The Hall–Kier alpha value is -3.11. The van der Waals surface area contributed by atoms with Gasteiger partial charge in [-0.15, -0.1) is 0 Å². The van der Waals surface area contributed by atoms with Crippen LogP contribution in [0.4, 0.5) is 11.5 Å². The molecule has 0 amide bonds. The quantitative estimate of drug-likeness (QED) is 0.552. The van der Waals surface area contributed by atoms with Crippen molar-refractivity contribution in [1.82, 2.24) is 9.55 Å². The van der Waals surface area contributed by atoms with Gasteiger partial charge in [-0.05, 0) is 43.3 Å². The van der Waals surface area contributed by atoms with Gasteiger partial charge in [0.25, 0.3) is 0 Å². The van der Waals surface area contributed by atoms with Crippen LogP contribution in [0.1, 0.15) is 5.69 Å². The molecule has 4 rings (SSSR count). The van der Waals surface area contributed by atoms with Crippen molar-refractivity contribution >= 4 is 34.1 Å². The number of rotatable bonds is 3. The Kier molecular flexibility index (Phi) is 4.19. The molecule has 2 aromatic heterocycles. The molecule has 128 valence electrons. The summed E-state index contributed by atoms with van der Waals surface area (Å²) in [4.78, 5) is 17.3. The molecule has 4 aromatic rings. The van der Waals surface area contributed by atoms with Crippen molar-refractivity contribution < 1.29 is 0 Å². The summed E-state index contributed by atoms with van der Waals surface area (Å²) < 4.78 is 1.94. The van der Waals surface area contributed by atoms with Crippen LogP contribution in [0.2, 0.25) is 5.02 Å². The highest BCUT2D eigenvalue weighted by Crippen LogP contribution is 2.28. The number of hydrogen-bond acceptors (Lipinski definition) is 3. The maximum atomic E-state index is 12.6. The molecule has 0 fully saturated rings. The summed E-state index contributed by atoms with van der Waals surface area (Å²) in [7, 11) is 0. The molecule has 0 aliphatic heterocycles. The predicted octanol–water partition coefficient (Wildman–Crippen LogP) is 5.09. The van der Waals surface area contributed by atoms with E-state index < -0.39 is 0 Å². The first-order chi connectivity index (χ1) is 12.6. The van der Waals surface area contributed by atoms with Gasteiger partial charge in [-0.3, -0.25) is 9.36 Å². The zero-order valence-electron chi connectivity index (χ0n) is 14.1. The molecule has 0 aliphatic carbocycles. The lowest BCUT2D eigenvalue weighted by atomic mass is 10.2. The number of aryl methyl sites for hydroxylation is 1. The van der Waals surface area contributed by atoms with Gasteiger partial charge in [0, 0.05) is 17.4 Å². The minimum Gasteiger partial charge on any atom is -0.340 e. The van der Waals surface area contributed by atoms with Crippen molar-refractivity contribution in [1.29, 1.82) is 0 Å². The molecule has 0 bridgehead atoms. The van der Waals surface area contributed by atoms with Crippen LogP contribution in [0.5, 0.6) is 0 Å². The van der Waals surface area contributed by atoms with Crippen LogP contribution < -0.4 is 10.7 Å². The molecule has 4 nitrogen and oxygen atoms in total. The summed E-state index contributed by atoms with van der Waals surface area (Å²) in [6.45, 7) is 1.91. The fourth-order valence-corrected chi connectivity index (χ4v) is 3.10. The first kappa shape index (κ1) is 16.4. The van der Waals surface area contributed by atoms with E-state index in [0.717, 1.165) is 17.1 Å². The van der Waals surface area contributed by atoms with Crippen molar-refractivity contribution in [3.05, 3.63) is 93.7 Å². The molecular formula is C21H16ClN3O. The second kappa shape index (κ2) is 6.65. The van der Waals surface area contributed by atoms with Gasteiger partial charge in [0.1, 0.15) is 11.5 Å². The normalized spacial score (nSPS) is 10.8. The van der Waals surface area contributed by atoms with E-state index in [-0.39, 0.29) is 5.43 Å². The van der Waals surface area contributed by atoms with Gasteiger partial charge in [-0.25, -0.2) is 4.98 Å². The molecule has 2 heterocycles. The summed E-state index contributed by atoms with van der Waals surface area (Å²) >= 11 is 6.29. The average molecular weight is 362 g/mol. The molecule has 0 aliphatic rings. The number of hydrogen-bond donors (Lipinski definition) is 1. The summed E-state index contributed by atoms with van der Waals surface area (Å²) in [5.74, 6) is 0.611. The van der Waals surface area contributed by atoms with Crippen LogP contribution in [0, 0.1) is 6.92 Å². The van der Waals surface area contributed by atoms with E-state index in [1.165, 1.54) is 0 Å². The van der Waals surface area contributed by atoms with E-state index in [1.807, 2.05) is 72.2 Å². The largest absolute Gasteiger partial charge is 0.340 e. The van der Waals surface area contributed by atoms with Gasteiger partial charge in [0.15, 0.2) is 5.43 Å². The number of nitrogens with zero attached hydrogens (tertiary/aromatic N) is 2. The molecule has 0 saturated carbocycles. The molecule has 0 saturated heterocycles. The number of pyridine rings is 2. The third-order valence-corrected chi connectivity index (χ3v) is 4.48. The second-order valence-electron chi connectivity index (χ2n) is 5.99. The van der Waals surface area contributed by atoms with Crippen molar-refractivity contribution in [3.63, 3.8) is 0 Å². The maximum absolute atomic E-state index is 12.6. The molecule has 0 unspecified atom stereocenters. The van der Waals surface area contributed by atoms with Crippen molar-refractivity contribution in [3.8, 4) is 5.69 Å². The van der Waals surface area contributed by atoms with Gasteiger partial charge < -0.3 is 5.32 Å². The SMILES string of the molecule is Cc1ccc2c(=O)cc(Nc3ccccc3Cl)n(-c3ccccc3)c2n1. The highest BCUT2D eigenvalue weighted by atomic mass is 35.5. The fraction of sp³-hybridized carbons (Fsp3) is 0.0476. The lowest BCUT2D eigenvalue weighted by molar-refractivity contribution is 1.05. The number of benzene rings is 2. The Balaban J connectivity index is 2.03. The first-order valence-electron chi connectivity index (χ1n) is 8.24. The van der Waals surface area contributed by atoms with Gasteiger partial charge in [-0.2, -0.15) is 0 Å². The zero-order valence-corrected chi connectivity index (χ0v) is 14.9. The Morgan fingerprint density at radius 1 is 0.962 bits per heavy atom. The Morgan fingerprint density at radius 2 is 1.69 bits per heavy atom. The highest BCUT2D eigenvalue weighted by Gasteiger charge is 2.13. The van der Waals surface area contributed by atoms with E-state index in [9.17, 15) is 4.79 Å². The lowest BCUT2D eigenvalue weighted by Crippen LogP contribution is -2.14. The number of para-hydroxylation sites is 2. The molecular weight excluding hydrogens is 346 g/mol. The van der Waals surface area contributed by atoms with E-state index in [1.54, 1.807) is 12.1 Å². The van der Waals surface area contributed by atoms with Crippen LogP contribution in [0.15, 0.2) is 77.6 Å². The summed E-state index contributed by atoms with van der Waals surface area (Å²) in [5.41, 5.74) is 3.00. The number of fused-ring (bicyclic) bond motifs is 1. The van der Waals surface area contributed by atoms with E-state index in [2.05, 4.69) is 10.3 Å². The zero-order chi connectivity index (χ0) is 18.1. The highest BCUT2D eigenvalue weighted by molar-refractivity contribution is 6.33. The summed E-state index contributed by atoms with van der Waals surface area (Å²) in [5, 5.41) is 4.44. The Bertz CT molecular complexity index is 1150.